The predicted octanol–water partition coefficient (Wildman–Crippen LogP) is 2.71. The molecular weight excluding hydrogens is 278 g/mol. The van der Waals surface area contributed by atoms with Gasteiger partial charge in [-0.05, 0) is 6.42 Å². The zero-order chi connectivity index (χ0) is 15.8. The molecule has 0 spiro atoms. The van der Waals surface area contributed by atoms with Gasteiger partial charge in [-0.25, -0.2) is 4.98 Å². The van der Waals surface area contributed by atoms with Crippen LogP contribution in [0.5, 0.6) is 0 Å². The van der Waals surface area contributed by atoms with E-state index in [9.17, 15) is 9.59 Å². The third kappa shape index (κ3) is 3.81. The molecule has 2 rings (SSSR count). The second kappa shape index (κ2) is 8.12. The van der Waals surface area contributed by atoms with Crippen molar-refractivity contribution in [1.82, 2.24) is 9.55 Å². The van der Waals surface area contributed by atoms with Crippen molar-refractivity contribution in [2.24, 2.45) is 0 Å². The molecule has 0 bridgehead atoms. The molecule has 0 radical (unpaired) electrons. The zero-order valence-corrected chi connectivity index (χ0v) is 12.8. The quantitative estimate of drug-likeness (QED) is 0.601. The number of unbranched alkanes of at least 4 members (excludes halogenated alkanes) is 2. The van der Waals surface area contributed by atoms with E-state index in [1.807, 2.05) is 30.3 Å². The Morgan fingerprint density at radius 1 is 1.23 bits per heavy atom. The molecule has 2 aromatic rings. The van der Waals surface area contributed by atoms with E-state index < -0.39 is 0 Å². The van der Waals surface area contributed by atoms with Crippen LogP contribution in [0.25, 0.3) is 11.4 Å². The van der Waals surface area contributed by atoms with Gasteiger partial charge in [-0.15, -0.1) is 0 Å². The van der Waals surface area contributed by atoms with E-state index in [-0.39, 0.29) is 12.1 Å². The van der Waals surface area contributed by atoms with Gasteiger partial charge >= 0.3 is 0 Å². The Kier molecular flexibility index (Phi) is 5.89. The van der Waals surface area contributed by atoms with Gasteiger partial charge < -0.3 is 10.1 Å². The molecule has 22 heavy (non-hydrogen) atoms. The Morgan fingerprint density at radius 3 is 2.68 bits per heavy atom. The Labute approximate surface area is 130 Å². The number of nitrogens with zero attached hydrogens (tertiary/aromatic N) is 2. The first-order valence-corrected chi connectivity index (χ1v) is 7.60. The molecule has 5 heteroatoms. The maximum Gasteiger partial charge on any atom is 0.277 e. The lowest BCUT2D eigenvalue weighted by Gasteiger charge is -2.12. The first-order valence-electron chi connectivity index (χ1n) is 7.60. The third-order valence-electron chi connectivity index (χ3n) is 3.43. The lowest BCUT2D eigenvalue weighted by molar-refractivity contribution is -0.108. The smallest absolute Gasteiger partial charge is 0.277 e. The summed E-state index contributed by atoms with van der Waals surface area (Å²) in [6.45, 7) is 2.87. The molecule has 0 aliphatic rings. The van der Waals surface area contributed by atoms with E-state index in [0.29, 0.717) is 11.5 Å². The molecule has 0 saturated carbocycles. The number of carbonyl (C=O) groups excluding carboxylic acids is 1. The van der Waals surface area contributed by atoms with E-state index in [1.54, 1.807) is 6.20 Å². The standard InChI is InChI=1S/C17H21N3O2/c1-2-3-7-10-18-15-13-19-16(14-8-5-4-6-9-14)20(11-12-21)17(15)22/h4-6,8-9,12-13,18H,2-3,7,10-11H2,1H3. The highest BCUT2D eigenvalue weighted by Gasteiger charge is 2.11. The number of benzene rings is 1. The molecule has 1 heterocycles. The van der Waals surface area contributed by atoms with E-state index in [1.165, 1.54) is 4.57 Å². The molecular formula is C17H21N3O2. The molecule has 5 nitrogen and oxygen atoms in total. The first-order chi connectivity index (χ1) is 10.8. The van der Waals surface area contributed by atoms with Gasteiger partial charge in [0.05, 0.1) is 12.7 Å². The Morgan fingerprint density at radius 2 is 2.00 bits per heavy atom. The highest BCUT2D eigenvalue weighted by Crippen LogP contribution is 2.15. The van der Waals surface area contributed by atoms with Crippen molar-refractivity contribution in [3.63, 3.8) is 0 Å². The molecule has 116 valence electrons. The number of rotatable bonds is 8. The lowest BCUT2D eigenvalue weighted by Crippen LogP contribution is -2.27. The molecule has 0 fully saturated rings. The summed E-state index contributed by atoms with van der Waals surface area (Å²) in [5.74, 6) is 0.511. The number of aromatic nitrogens is 2. The largest absolute Gasteiger partial charge is 0.379 e. The van der Waals surface area contributed by atoms with Crippen LogP contribution in [0, 0.1) is 0 Å². The zero-order valence-electron chi connectivity index (χ0n) is 12.8. The number of anilines is 1. The summed E-state index contributed by atoms with van der Waals surface area (Å²) in [7, 11) is 0. The fraction of sp³-hybridized carbons (Fsp3) is 0.353. The number of nitrogens with one attached hydrogen (secondary N) is 1. The Balaban J connectivity index is 2.31. The maximum atomic E-state index is 12.5. The van der Waals surface area contributed by atoms with Crippen molar-refractivity contribution in [2.75, 3.05) is 11.9 Å². The summed E-state index contributed by atoms with van der Waals surface area (Å²) in [6.07, 6.45) is 5.52. The topological polar surface area (TPSA) is 64.0 Å². The Hall–Kier alpha value is -2.43. The highest BCUT2D eigenvalue weighted by molar-refractivity contribution is 5.59. The molecule has 1 aromatic heterocycles. The fourth-order valence-corrected chi connectivity index (χ4v) is 2.27. The van der Waals surface area contributed by atoms with Crippen LogP contribution in [0.3, 0.4) is 0 Å². The van der Waals surface area contributed by atoms with E-state index in [4.69, 9.17) is 0 Å². The monoisotopic (exact) mass is 299 g/mol. The van der Waals surface area contributed by atoms with Crippen molar-refractivity contribution in [1.29, 1.82) is 0 Å². The minimum Gasteiger partial charge on any atom is -0.379 e. The van der Waals surface area contributed by atoms with Crippen molar-refractivity contribution < 1.29 is 4.79 Å². The second-order valence-electron chi connectivity index (χ2n) is 5.08. The third-order valence-corrected chi connectivity index (χ3v) is 3.43. The molecule has 1 N–H and O–H groups in total. The molecule has 1 aromatic carbocycles. The Bertz CT molecular complexity index is 665. The SMILES string of the molecule is CCCCCNc1cnc(-c2ccccc2)n(CC=O)c1=O. The van der Waals surface area contributed by atoms with Gasteiger partial charge in [0.2, 0.25) is 0 Å². The maximum absolute atomic E-state index is 12.5. The van der Waals surface area contributed by atoms with Gasteiger partial charge in [-0.3, -0.25) is 9.36 Å². The van der Waals surface area contributed by atoms with E-state index >= 15 is 0 Å². The average molecular weight is 299 g/mol. The summed E-state index contributed by atoms with van der Waals surface area (Å²) in [6, 6.07) is 9.40. The summed E-state index contributed by atoms with van der Waals surface area (Å²) < 4.78 is 1.41. The van der Waals surface area contributed by atoms with Crippen LogP contribution in [0.4, 0.5) is 5.69 Å². The van der Waals surface area contributed by atoms with Crippen molar-refractivity contribution in [3.05, 3.63) is 46.9 Å². The van der Waals surface area contributed by atoms with Crippen LogP contribution >= 0.6 is 0 Å². The van der Waals surface area contributed by atoms with Crippen LogP contribution in [0.1, 0.15) is 26.2 Å². The van der Waals surface area contributed by atoms with Crippen LogP contribution < -0.4 is 10.9 Å². The predicted molar refractivity (Wildman–Crippen MR) is 88.0 cm³/mol. The minimum absolute atomic E-state index is 0.000537. The minimum atomic E-state index is -0.211. The van der Waals surface area contributed by atoms with Crippen LogP contribution in [-0.2, 0) is 11.3 Å². The normalized spacial score (nSPS) is 10.4. The van der Waals surface area contributed by atoms with Crippen LogP contribution in [-0.4, -0.2) is 22.4 Å². The van der Waals surface area contributed by atoms with Crippen LogP contribution in [0.15, 0.2) is 41.3 Å². The van der Waals surface area contributed by atoms with Gasteiger partial charge in [0.15, 0.2) is 0 Å². The molecule has 0 amide bonds. The molecule has 0 atom stereocenters. The molecule has 0 aliphatic carbocycles. The summed E-state index contributed by atoms with van der Waals surface area (Å²) >= 11 is 0. The summed E-state index contributed by atoms with van der Waals surface area (Å²) in [5, 5.41) is 3.11. The molecule has 0 aliphatic heterocycles. The summed E-state index contributed by atoms with van der Waals surface area (Å²) in [5.41, 5.74) is 1.05. The number of aldehydes is 1. The number of carbonyl (C=O) groups is 1. The van der Waals surface area contributed by atoms with Gasteiger partial charge in [-0.1, -0.05) is 50.1 Å². The van der Waals surface area contributed by atoms with Gasteiger partial charge in [0.25, 0.3) is 5.56 Å². The van der Waals surface area contributed by atoms with E-state index in [0.717, 1.165) is 37.7 Å². The van der Waals surface area contributed by atoms with Crippen molar-refractivity contribution in [2.45, 2.75) is 32.7 Å². The van der Waals surface area contributed by atoms with Crippen molar-refractivity contribution >= 4 is 12.0 Å². The van der Waals surface area contributed by atoms with Crippen LogP contribution in [0.2, 0.25) is 0 Å². The number of hydrogen-bond donors (Lipinski definition) is 1. The number of hydrogen-bond acceptors (Lipinski definition) is 4. The molecule has 0 unspecified atom stereocenters. The lowest BCUT2D eigenvalue weighted by atomic mass is 10.2. The first kappa shape index (κ1) is 15.9. The van der Waals surface area contributed by atoms with Gasteiger partial charge in [-0.2, -0.15) is 0 Å². The van der Waals surface area contributed by atoms with Gasteiger partial charge in [0, 0.05) is 12.1 Å². The second-order valence-corrected chi connectivity index (χ2v) is 5.08. The fourth-order valence-electron chi connectivity index (χ4n) is 2.27. The highest BCUT2D eigenvalue weighted by atomic mass is 16.1. The summed E-state index contributed by atoms with van der Waals surface area (Å²) in [4.78, 5) is 27.8. The van der Waals surface area contributed by atoms with Gasteiger partial charge in [0.1, 0.15) is 17.8 Å². The van der Waals surface area contributed by atoms with E-state index in [2.05, 4.69) is 17.2 Å². The van der Waals surface area contributed by atoms with Crippen molar-refractivity contribution in [3.8, 4) is 11.4 Å². The average Bonchev–Trinajstić information content (AvgIpc) is 2.55. The molecule has 0 saturated heterocycles.